The van der Waals surface area contributed by atoms with Crippen molar-refractivity contribution >= 4 is 17.4 Å². The van der Waals surface area contributed by atoms with Crippen molar-refractivity contribution in [2.75, 3.05) is 0 Å². The van der Waals surface area contributed by atoms with Crippen LogP contribution in [0.2, 0.25) is 5.02 Å². The predicted octanol–water partition coefficient (Wildman–Crippen LogP) is 3.60. The topological polar surface area (TPSA) is 40.9 Å². The average molecular weight is 240 g/mol. The van der Waals surface area contributed by atoms with E-state index in [0.29, 0.717) is 6.42 Å². The van der Waals surface area contributed by atoms with Gasteiger partial charge in [-0.05, 0) is 24.6 Å². The number of nitrogens with zero attached hydrogens (tertiary/aromatic N) is 1. The molecule has 0 fully saturated rings. The second-order valence-electron chi connectivity index (χ2n) is 3.49. The molecule has 0 aliphatic rings. The quantitative estimate of drug-likeness (QED) is 0.754. The number of halogens is 2. The Morgan fingerprint density at radius 1 is 1.56 bits per heavy atom. The summed E-state index contributed by atoms with van der Waals surface area (Å²) in [5.41, 5.74) is 0.229. The molecule has 1 atom stereocenters. The second kappa shape index (κ2) is 5.62. The Morgan fingerprint density at radius 3 is 2.75 bits per heavy atom. The monoisotopic (exact) mass is 239 g/mol. The van der Waals surface area contributed by atoms with Crippen molar-refractivity contribution in [1.29, 1.82) is 5.26 Å². The van der Waals surface area contributed by atoms with Crippen LogP contribution in [0.3, 0.4) is 0 Å². The lowest BCUT2D eigenvalue weighted by molar-refractivity contribution is 0.0918. The first-order chi connectivity index (χ1) is 7.58. The molecule has 1 rings (SSSR count). The highest BCUT2D eigenvalue weighted by molar-refractivity contribution is 6.31. The molecule has 2 nitrogen and oxygen atoms in total. The maximum absolute atomic E-state index is 13.0. The molecule has 0 aromatic heterocycles. The van der Waals surface area contributed by atoms with Crippen LogP contribution in [0.4, 0.5) is 4.39 Å². The van der Waals surface area contributed by atoms with Crippen molar-refractivity contribution in [3.8, 4) is 6.07 Å². The number of carbonyl (C=O) groups excluding carboxylic acids is 1. The molecule has 84 valence electrons. The van der Waals surface area contributed by atoms with Crippen LogP contribution in [0.15, 0.2) is 18.2 Å². The Bertz CT molecular complexity index is 419. The summed E-state index contributed by atoms with van der Waals surface area (Å²) in [5.74, 6) is -1.16. The Hall–Kier alpha value is -1.40. The summed E-state index contributed by atoms with van der Waals surface area (Å²) >= 11 is 5.66. The molecule has 0 heterocycles. The molecule has 1 aromatic rings. The van der Waals surface area contributed by atoms with Crippen LogP contribution in [0, 0.1) is 23.1 Å². The van der Waals surface area contributed by atoms with Crippen LogP contribution in [0.1, 0.15) is 30.1 Å². The Kier molecular flexibility index (Phi) is 4.45. The number of ketones is 1. The van der Waals surface area contributed by atoms with Gasteiger partial charge in [0.05, 0.1) is 6.07 Å². The zero-order valence-corrected chi connectivity index (χ0v) is 9.59. The summed E-state index contributed by atoms with van der Waals surface area (Å²) in [6.45, 7) is 1.82. The highest BCUT2D eigenvalue weighted by atomic mass is 35.5. The van der Waals surface area contributed by atoms with Gasteiger partial charge in [0.25, 0.3) is 0 Å². The lowest BCUT2D eigenvalue weighted by Gasteiger charge is -2.09. The Labute approximate surface area is 98.6 Å². The molecule has 16 heavy (non-hydrogen) atoms. The van der Waals surface area contributed by atoms with Crippen molar-refractivity contribution < 1.29 is 9.18 Å². The van der Waals surface area contributed by atoms with Gasteiger partial charge in [0.2, 0.25) is 0 Å². The minimum atomic E-state index is -0.539. The molecular formula is C12H11ClFNO. The third kappa shape index (κ3) is 3.04. The largest absolute Gasteiger partial charge is 0.294 e. The molecule has 0 aliphatic heterocycles. The number of benzene rings is 1. The van der Waals surface area contributed by atoms with Gasteiger partial charge in [-0.25, -0.2) is 4.39 Å². The molecule has 0 spiro atoms. The zero-order valence-electron chi connectivity index (χ0n) is 8.84. The average Bonchev–Trinajstić information content (AvgIpc) is 2.23. The number of Topliss-reactive ketones (excluding diaryl/α,β-unsaturated/α-hetero) is 1. The Morgan fingerprint density at radius 2 is 2.25 bits per heavy atom. The van der Waals surface area contributed by atoms with Crippen molar-refractivity contribution in [3.05, 3.63) is 34.6 Å². The van der Waals surface area contributed by atoms with Crippen LogP contribution >= 0.6 is 11.6 Å². The van der Waals surface area contributed by atoms with Gasteiger partial charge in [-0.15, -0.1) is 0 Å². The smallest absolute Gasteiger partial charge is 0.167 e. The molecule has 0 N–H and O–H groups in total. The SMILES string of the molecule is CCC(CC#N)C(=O)c1cc(F)cc(Cl)c1. The molecule has 0 aliphatic carbocycles. The molecular weight excluding hydrogens is 229 g/mol. The molecule has 0 radical (unpaired) electrons. The highest BCUT2D eigenvalue weighted by Crippen LogP contribution is 2.20. The predicted molar refractivity (Wildman–Crippen MR) is 59.8 cm³/mol. The maximum atomic E-state index is 13.0. The van der Waals surface area contributed by atoms with Gasteiger partial charge in [0.15, 0.2) is 5.78 Å². The lowest BCUT2D eigenvalue weighted by Crippen LogP contribution is -2.13. The number of carbonyl (C=O) groups is 1. The number of rotatable bonds is 4. The highest BCUT2D eigenvalue weighted by Gasteiger charge is 2.18. The van der Waals surface area contributed by atoms with Crippen LogP contribution in [-0.2, 0) is 0 Å². The van der Waals surface area contributed by atoms with E-state index < -0.39 is 5.82 Å². The van der Waals surface area contributed by atoms with E-state index in [0.717, 1.165) is 12.1 Å². The normalized spacial score (nSPS) is 11.9. The summed E-state index contributed by atoms with van der Waals surface area (Å²) in [6.07, 6.45) is 0.698. The first-order valence-electron chi connectivity index (χ1n) is 4.95. The van der Waals surface area contributed by atoms with Crippen molar-refractivity contribution in [2.24, 2.45) is 5.92 Å². The van der Waals surface area contributed by atoms with Crippen LogP contribution in [-0.4, -0.2) is 5.78 Å². The minimum Gasteiger partial charge on any atom is -0.294 e. The molecule has 0 amide bonds. The van der Waals surface area contributed by atoms with E-state index in [-0.39, 0.29) is 28.7 Å². The molecule has 1 aromatic carbocycles. The summed E-state index contributed by atoms with van der Waals surface area (Å²) in [5, 5.41) is 8.76. The van der Waals surface area contributed by atoms with E-state index in [1.807, 2.05) is 13.0 Å². The third-order valence-electron chi connectivity index (χ3n) is 2.35. The van der Waals surface area contributed by atoms with Crippen molar-refractivity contribution in [2.45, 2.75) is 19.8 Å². The van der Waals surface area contributed by atoms with Crippen molar-refractivity contribution in [1.82, 2.24) is 0 Å². The minimum absolute atomic E-state index is 0.142. The van der Waals surface area contributed by atoms with Gasteiger partial charge in [0.1, 0.15) is 5.82 Å². The first kappa shape index (κ1) is 12.7. The fraction of sp³-hybridized carbons (Fsp3) is 0.333. The van der Waals surface area contributed by atoms with E-state index in [1.165, 1.54) is 6.07 Å². The lowest BCUT2D eigenvalue weighted by atomic mass is 9.93. The van der Waals surface area contributed by atoms with Gasteiger partial charge < -0.3 is 0 Å². The van der Waals surface area contributed by atoms with Crippen LogP contribution in [0.5, 0.6) is 0 Å². The summed E-state index contributed by atoms with van der Waals surface area (Å²) in [6, 6.07) is 5.66. The second-order valence-corrected chi connectivity index (χ2v) is 3.93. The maximum Gasteiger partial charge on any atom is 0.167 e. The fourth-order valence-corrected chi connectivity index (χ4v) is 1.69. The van der Waals surface area contributed by atoms with Crippen LogP contribution in [0.25, 0.3) is 0 Å². The fourth-order valence-electron chi connectivity index (χ4n) is 1.46. The van der Waals surface area contributed by atoms with Gasteiger partial charge in [0, 0.05) is 22.9 Å². The summed E-state index contributed by atoms with van der Waals surface area (Å²) < 4.78 is 13.0. The molecule has 4 heteroatoms. The Balaban J connectivity index is 2.99. The van der Waals surface area contributed by atoms with E-state index in [4.69, 9.17) is 16.9 Å². The van der Waals surface area contributed by atoms with Crippen LogP contribution < -0.4 is 0 Å². The van der Waals surface area contributed by atoms with E-state index in [2.05, 4.69) is 0 Å². The summed E-state index contributed by atoms with van der Waals surface area (Å²) in [4.78, 5) is 11.9. The molecule has 0 bridgehead atoms. The van der Waals surface area contributed by atoms with Gasteiger partial charge in [-0.3, -0.25) is 4.79 Å². The first-order valence-corrected chi connectivity index (χ1v) is 5.33. The van der Waals surface area contributed by atoms with E-state index in [1.54, 1.807) is 0 Å². The number of hydrogen-bond donors (Lipinski definition) is 0. The number of nitriles is 1. The zero-order chi connectivity index (χ0) is 12.1. The van der Waals surface area contributed by atoms with Gasteiger partial charge >= 0.3 is 0 Å². The van der Waals surface area contributed by atoms with Gasteiger partial charge in [-0.2, -0.15) is 5.26 Å². The molecule has 0 saturated carbocycles. The van der Waals surface area contributed by atoms with Crippen molar-refractivity contribution in [3.63, 3.8) is 0 Å². The van der Waals surface area contributed by atoms with E-state index >= 15 is 0 Å². The molecule has 0 saturated heterocycles. The molecule has 1 unspecified atom stereocenters. The summed E-state index contributed by atoms with van der Waals surface area (Å²) in [7, 11) is 0. The standard InChI is InChI=1S/C12H11ClFNO/c1-2-8(3-4-15)12(16)9-5-10(13)7-11(14)6-9/h5-8H,2-3H2,1H3. The number of hydrogen-bond acceptors (Lipinski definition) is 2. The van der Waals surface area contributed by atoms with E-state index in [9.17, 15) is 9.18 Å². The third-order valence-corrected chi connectivity index (χ3v) is 2.57. The van der Waals surface area contributed by atoms with Gasteiger partial charge in [-0.1, -0.05) is 18.5 Å².